The Morgan fingerprint density at radius 2 is 1.96 bits per heavy atom. The third-order valence-electron chi connectivity index (χ3n) is 5.12. The summed E-state index contributed by atoms with van der Waals surface area (Å²) < 4.78 is 1.17. The van der Waals surface area contributed by atoms with Gasteiger partial charge in [0.2, 0.25) is 0 Å². The van der Waals surface area contributed by atoms with Gasteiger partial charge in [-0.15, -0.1) is 11.3 Å². The Morgan fingerprint density at radius 1 is 1.21 bits per heavy atom. The SMILES string of the molecule is Cc1c(C(=O)N2CCC(N3CCNC3=O)CC2)sc2ccccc12. The molecule has 1 aromatic heterocycles. The van der Waals surface area contributed by atoms with Crippen molar-refractivity contribution in [3.63, 3.8) is 0 Å². The van der Waals surface area contributed by atoms with Crippen molar-refractivity contribution >= 4 is 33.4 Å². The Labute approximate surface area is 145 Å². The molecule has 2 aliphatic rings. The standard InChI is InChI=1S/C18H21N3O2S/c1-12-14-4-2-3-5-15(14)24-16(12)17(22)20-9-6-13(7-10-20)21-11-8-19-18(21)23/h2-5,13H,6-11H2,1H3,(H,19,23). The number of benzene rings is 1. The summed E-state index contributed by atoms with van der Waals surface area (Å²) in [4.78, 5) is 29.4. The number of rotatable bonds is 2. The van der Waals surface area contributed by atoms with Crippen LogP contribution in [-0.2, 0) is 0 Å². The third-order valence-corrected chi connectivity index (χ3v) is 6.38. The first kappa shape index (κ1) is 15.4. The fourth-order valence-corrected chi connectivity index (χ4v) is 4.91. The molecule has 0 atom stereocenters. The highest BCUT2D eigenvalue weighted by molar-refractivity contribution is 7.21. The Bertz CT molecular complexity index is 793. The number of hydrogen-bond acceptors (Lipinski definition) is 3. The fraction of sp³-hybridized carbons (Fsp3) is 0.444. The molecule has 0 spiro atoms. The molecule has 2 saturated heterocycles. The first-order valence-corrected chi connectivity index (χ1v) is 9.28. The Hall–Kier alpha value is -2.08. The van der Waals surface area contributed by atoms with Gasteiger partial charge in [-0.2, -0.15) is 0 Å². The lowest BCUT2D eigenvalue weighted by atomic mass is 10.0. The van der Waals surface area contributed by atoms with Crippen molar-refractivity contribution in [1.82, 2.24) is 15.1 Å². The molecular formula is C18H21N3O2S. The molecule has 126 valence electrons. The third kappa shape index (κ3) is 2.55. The van der Waals surface area contributed by atoms with Gasteiger partial charge in [-0.1, -0.05) is 18.2 Å². The molecule has 24 heavy (non-hydrogen) atoms. The van der Waals surface area contributed by atoms with Crippen LogP contribution < -0.4 is 5.32 Å². The average Bonchev–Trinajstić information content (AvgIpc) is 3.18. The molecule has 2 aliphatic heterocycles. The van der Waals surface area contributed by atoms with Gasteiger partial charge in [0.25, 0.3) is 5.91 Å². The maximum atomic E-state index is 12.9. The van der Waals surface area contributed by atoms with Crippen molar-refractivity contribution < 1.29 is 9.59 Å². The minimum Gasteiger partial charge on any atom is -0.338 e. The molecule has 0 bridgehead atoms. The highest BCUT2D eigenvalue weighted by Crippen LogP contribution is 2.32. The summed E-state index contributed by atoms with van der Waals surface area (Å²) in [5.41, 5.74) is 1.08. The molecule has 3 heterocycles. The maximum Gasteiger partial charge on any atom is 0.317 e. The van der Waals surface area contributed by atoms with E-state index in [2.05, 4.69) is 17.4 Å². The van der Waals surface area contributed by atoms with Crippen LogP contribution in [0.5, 0.6) is 0 Å². The molecule has 3 amide bonds. The van der Waals surface area contributed by atoms with Crippen molar-refractivity contribution in [2.24, 2.45) is 0 Å². The fourth-order valence-electron chi connectivity index (χ4n) is 3.74. The molecule has 1 aromatic carbocycles. The number of likely N-dealkylation sites (tertiary alicyclic amines) is 1. The predicted molar refractivity (Wildman–Crippen MR) is 95.6 cm³/mol. The summed E-state index contributed by atoms with van der Waals surface area (Å²) >= 11 is 1.59. The van der Waals surface area contributed by atoms with E-state index in [1.54, 1.807) is 11.3 Å². The largest absolute Gasteiger partial charge is 0.338 e. The van der Waals surface area contributed by atoms with E-state index < -0.39 is 0 Å². The van der Waals surface area contributed by atoms with Crippen LogP contribution in [0.2, 0.25) is 0 Å². The lowest BCUT2D eigenvalue weighted by Crippen LogP contribution is -2.47. The monoisotopic (exact) mass is 343 g/mol. The normalized spacial score (nSPS) is 19.1. The Morgan fingerprint density at radius 3 is 2.62 bits per heavy atom. The quantitative estimate of drug-likeness (QED) is 0.912. The van der Waals surface area contributed by atoms with E-state index in [-0.39, 0.29) is 18.0 Å². The second kappa shape index (κ2) is 6.09. The Balaban J connectivity index is 1.47. The van der Waals surface area contributed by atoms with E-state index in [9.17, 15) is 9.59 Å². The lowest BCUT2D eigenvalue weighted by molar-refractivity contribution is 0.0670. The van der Waals surface area contributed by atoms with Crippen LogP contribution in [-0.4, -0.2) is 54.0 Å². The summed E-state index contributed by atoms with van der Waals surface area (Å²) in [7, 11) is 0. The molecule has 6 heteroatoms. The zero-order valence-corrected chi connectivity index (χ0v) is 14.6. The molecule has 1 N–H and O–H groups in total. The van der Waals surface area contributed by atoms with Gasteiger partial charge in [0.1, 0.15) is 0 Å². The molecule has 0 saturated carbocycles. The summed E-state index contributed by atoms with van der Waals surface area (Å²) in [6.45, 7) is 5.00. The number of nitrogens with one attached hydrogen (secondary N) is 1. The number of urea groups is 1. The minimum absolute atomic E-state index is 0.0418. The zero-order valence-electron chi connectivity index (χ0n) is 13.7. The van der Waals surface area contributed by atoms with E-state index in [1.165, 1.54) is 10.1 Å². The van der Waals surface area contributed by atoms with Crippen molar-refractivity contribution in [2.45, 2.75) is 25.8 Å². The molecule has 2 fully saturated rings. The van der Waals surface area contributed by atoms with Crippen LogP contribution in [0, 0.1) is 6.92 Å². The van der Waals surface area contributed by atoms with Gasteiger partial charge >= 0.3 is 6.03 Å². The van der Waals surface area contributed by atoms with Crippen LogP contribution in [0.1, 0.15) is 28.1 Å². The highest BCUT2D eigenvalue weighted by Gasteiger charge is 2.32. The maximum absolute atomic E-state index is 12.9. The number of thiophene rings is 1. The van der Waals surface area contributed by atoms with Crippen LogP contribution in [0.25, 0.3) is 10.1 Å². The van der Waals surface area contributed by atoms with Gasteiger partial charge in [0.15, 0.2) is 0 Å². The minimum atomic E-state index is 0.0418. The second-order valence-electron chi connectivity index (χ2n) is 6.50. The van der Waals surface area contributed by atoms with E-state index >= 15 is 0 Å². The van der Waals surface area contributed by atoms with E-state index in [0.717, 1.165) is 49.5 Å². The molecule has 5 nitrogen and oxygen atoms in total. The highest BCUT2D eigenvalue weighted by atomic mass is 32.1. The van der Waals surface area contributed by atoms with Gasteiger partial charge in [-0.05, 0) is 36.8 Å². The topological polar surface area (TPSA) is 52.7 Å². The number of aryl methyl sites for hydroxylation is 1. The number of nitrogens with zero attached hydrogens (tertiary/aromatic N) is 2. The van der Waals surface area contributed by atoms with Crippen molar-refractivity contribution in [3.05, 3.63) is 34.7 Å². The number of carbonyl (C=O) groups is 2. The molecule has 0 radical (unpaired) electrons. The smallest absolute Gasteiger partial charge is 0.317 e. The van der Waals surface area contributed by atoms with E-state index in [0.29, 0.717) is 0 Å². The second-order valence-corrected chi connectivity index (χ2v) is 7.55. The summed E-state index contributed by atoms with van der Waals surface area (Å²) in [6, 6.07) is 8.49. The van der Waals surface area contributed by atoms with Gasteiger partial charge in [-0.3, -0.25) is 4.79 Å². The summed E-state index contributed by atoms with van der Waals surface area (Å²) in [5.74, 6) is 0.137. The zero-order chi connectivity index (χ0) is 16.7. The predicted octanol–water partition coefficient (Wildman–Crippen LogP) is 2.84. The van der Waals surface area contributed by atoms with Crippen LogP contribution in [0.15, 0.2) is 24.3 Å². The molecule has 2 aromatic rings. The molecular weight excluding hydrogens is 322 g/mol. The van der Waals surface area contributed by atoms with Gasteiger partial charge < -0.3 is 15.1 Å². The summed E-state index contributed by atoms with van der Waals surface area (Å²) in [6.07, 6.45) is 1.73. The van der Waals surface area contributed by atoms with E-state index in [4.69, 9.17) is 0 Å². The molecule has 0 aliphatic carbocycles. The van der Waals surface area contributed by atoms with Gasteiger partial charge in [-0.25, -0.2) is 4.79 Å². The van der Waals surface area contributed by atoms with Crippen molar-refractivity contribution in [1.29, 1.82) is 0 Å². The summed E-state index contributed by atoms with van der Waals surface area (Å²) in [5, 5.41) is 4.03. The number of piperidine rings is 1. The van der Waals surface area contributed by atoms with Crippen LogP contribution >= 0.6 is 11.3 Å². The van der Waals surface area contributed by atoms with Crippen LogP contribution in [0.4, 0.5) is 4.79 Å². The number of amides is 3. The number of fused-ring (bicyclic) bond motifs is 1. The van der Waals surface area contributed by atoms with Gasteiger partial charge in [0.05, 0.1) is 4.88 Å². The molecule has 0 unspecified atom stereocenters. The Kier molecular flexibility index (Phi) is 3.92. The van der Waals surface area contributed by atoms with Crippen molar-refractivity contribution in [3.8, 4) is 0 Å². The van der Waals surface area contributed by atoms with E-state index in [1.807, 2.05) is 28.9 Å². The van der Waals surface area contributed by atoms with Crippen LogP contribution in [0.3, 0.4) is 0 Å². The first-order chi connectivity index (χ1) is 11.6. The lowest BCUT2D eigenvalue weighted by Gasteiger charge is -2.36. The number of hydrogen-bond donors (Lipinski definition) is 1. The van der Waals surface area contributed by atoms with Crippen molar-refractivity contribution in [2.75, 3.05) is 26.2 Å². The van der Waals surface area contributed by atoms with Gasteiger partial charge in [0, 0.05) is 36.9 Å². The molecule has 4 rings (SSSR count). The first-order valence-electron chi connectivity index (χ1n) is 8.47. The average molecular weight is 343 g/mol. The number of carbonyl (C=O) groups excluding carboxylic acids is 2.